The van der Waals surface area contributed by atoms with Crippen molar-refractivity contribution in [3.8, 4) is 0 Å². The molecule has 1 heterocycles. The van der Waals surface area contributed by atoms with Gasteiger partial charge in [0.25, 0.3) is 0 Å². The van der Waals surface area contributed by atoms with E-state index in [-0.39, 0.29) is 30.0 Å². The van der Waals surface area contributed by atoms with Crippen LogP contribution in [0.3, 0.4) is 0 Å². The summed E-state index contributed by atoms with van der Waals surface area (Å²) in [5.41, 5.74) is 1.53. The third-order valence-electron chi connectivity index (χ3n) is 4.62. The highest BCUT2D eigenvalue weighted by molar-refractivity contribution is 6.01. The molecule has 0 atom stereocenters. The molecule has 112 valence electrons. The second-order valence-corrected chi connectivity index (χ2v) is 6.05. The zero-order valence-electron chi connectivity index (χ0n) is 12.1. The third-order valence-corrected chi connectivity index (χ3v) is 4.62. The summed E-state index contributed by atoms with van der Waals surface area (Å²) in [5.74, 6) is -0.235. The monoisotopic (exact) mass is 289 g/mol. The standard InChI is InChI=1S/C17H20FNO2/c18-14-8-6-12-7-9-17(21)19(15(12)10-14)11-16(20)13-4-2-1-3-5-13/h6,8,10,13H,1-5,7,9,11H2. The Morgan fingerprint density at radius 2 is 1.95 bits per heavy atom. The molecule has 4 heteroatoms. The van der Waals surface area contributed by atoms with Crippen LogP contribution in [0.1, 0.15) is 44.1 Å². The third kappa shape index (κ3) is 2.99. The van der Waals surface area contributed by atoms with E-state index in [0.717, 1.165) is 31.2 Å². The number of fused-ring (bicyclic) bond motifs is 1. The quantitative estimate of drug-likeness (QED) is 0.856. The van der Waals surface area contributed by atoms with E-state index < -0.39 is 0 Å². The Balaban J connectivity index is 1.79. The second kappa shape index (κ2) is 5.96. The molecule has 3 rings (SSSR count). The number of halogens is 1. The van der Waals surface area contributed by atoms with Crippen LogP contribution in [0.15, 0.2) is 18.2 Å². The van der Waals surface area contributed by atoms with Gasteiger partial charge in [0.2, 0.25) is 5.91 Å². The molecule has 1 aliphatic heterocycles. The first-order chi connectivity index (χ1) is 10.1. The second-order valence-electron chi connectivity index (χ2n) is 6.05. The molecule has 0 unspecified atom stereocenters. The maximum Gasteiger partial charge on any atom is 0.227 e. The Kier molecular flexibility index (Phi) is 4.04. The van der Waals surface area contributed by atoms with E-state index in [1.165, 1.54) is 23.5 Å². The summed E-state index contributed by atoms with van der Waals surface area (Å²) in [6, 6.07) is 4.51. The van der Waals surface area contributed by atoms with Crippen LogP contribution in [-0.4, -0.2) is 18.2 Å². The lowest BCUT2D eigenvalue weighted by molar-refractivity contribution is -0.125. The lowest BCUT2D eigenvalue weighted by Gasteiger charge is -2.30. The van der Waals surface area contributed by atoms with Crippen LogP contribution in [0.5, 0.6) is 0 Å². The summed E-state index contributed by atoms with van der Waals surface area (Å²) < 4.78 is 13.5. The Hall–Kier alpha value is -1.71. The lowest BCUT2D eigenvalue weighted by atomic mass is 9.86. The van der Waals surface area contributed by atoms with Crippen LogP contribution < -0.4 is 4.90 Å². The predicted octanol–water partition coefficient (Wildman–Crippen LogP) is 3.25. The smallest absolute Gasteiger partial charge is 0.227 e. The molecule has 1 amide bonds. The Labute approximate surface area is 124 Å². The highest BCUT2D eigenvalue weighted by Crippen LogP contribution is 2.30. The fourth-order valence-electron chi connectivity index (χ4n) is 3.39. The van der Waals surface area contributed by atoms with Crippen LogP contribution in [0.25, 0.3) is 0 Å². The minimum Gasteiger partial charge on any atom is -0.305 e. The number of amides is 1. The summed E-state index contributed by atoms with van der Waals surface area (Å²) in [6.07, 6.45) is 6.26. The molecule has 0 saturated heterocycles. The first-order valence-electron chi connectivity index (χ1n) is 7.76. The van der Waals surface area contributed by atoms with Crippen molar-refractivity contribution >= 4 is 17.4 Å². The van der Waals surface area contributed by atoms with Crippen molar-refractivity contribution in [3.05, 3.63) is 29.6 Å². The SMILES string of the molecule is O=C(CN1C(=O)CCc2ccc(F)cc21)C1CCCCC1. The molecule has 0 spiro atoms. The number of Topliss-reactive ketones (excluding diaryl/α,β-unsaturated/α-hetero) is 1. The topological polar surface area (TPSA) is 37.4 Å². The molecule has 0 bridgehead atoms. The van der Waals surface area contributed by atoms with E-state index in [0.29, 0.717) is 18.5 Å². The molecule has 1 aromatic carbocycles. The molecule has 1 saturated carbocycles. The molecule has 0 radical (unpaired) electrons. The molecular weight excluding hydrogens is 269 g/mol. The Morgan fingerprint density at radius 3 is 2.71 bits per heavy atom. The summed E-state index contributed by atoms with van der Waals surface area (Å²) in [6.45, 7) is 0.0972. The number of carbonyl (C=O) groups excluding carboxylic acids is 2. The summed E-state index contributed by atoms with van der Waals surface area (Å²) in [5, 5.41) is 0. The van der Waals surface area contributed by atoms with Crippen LogP contribution in [-0.2, 0) is 16.0 Å². The molecule has 1 fully saturated rings. The first kappa shape index (κ1) is 14.2. The predicted molar refractivity (Wildman–Crippen MR) is 78.7 cm³/mol. The van der Waals surface area contributed by atoms with Crippen molar-refractivity contribution < 1.29 is 14.0 Å². The van der Waals surface area contributed by atoms with Gasteiger partial charge >= 0.3 is 0 Å². The Bertz CT molecular complexity index is 564. The van der Waals surface area contributed by atoms with Crippen LogP contribution in [0.4, 0.5) is 10.1 Å². The van der Waals surface area contributed by atoms with Crippen molar-refractivity contribution in [1.29, 1.82) is 0 Å². The van der Waals surface area contributed by atoms with E-state index in [1.54, 1.807) is 6.07 Å². The minimum atomic E-state index is -0.362. The van der Waals surface area contributed by atoms with Gasteiger partial charge in [-0.15, -0.1) is 0 Å². The highest BCUT2D eigenvalue weighted by Gasteiger charge is 2.29. The maximum absolute atomic E-state index is 13.5. The highest BCUT2D eigenvalue weighted by atomic mass is 19.1. The van der Waals surface area contributed by atoms with Gasteiger partial charge in [-0.2, -0.15) is 0 Å². The van der Waals surface area contributed by atoms with Gasteiger partial charge in [0.15, 0.2) is 5.78 Å². The van der Waals surface area contributed by atoms with Crippen LogP contribution >= 0.6 is 0 Å². The lowest BCUT2D eigenvalue weighted by Crippen LogP contribution is -2.41. The molecule has 0 N–H and O–H groups in total. The number of hydrogen-bond donors (Lipinski definition) is 0. The zero-order chi connectivity index (χ0) is 14.8. The number of carbonyl (C=O) groups is 2. The van der Waals surface area contributed by atoms with E-state index in [9.17, 15) is 14.0 Å². The molecular formula is C17H20FNO2. The normalized spacial score (nSPS) is 19.5. The molecule has 0 aromatic heterocycles. The first-order valence-corrected chi connectivity index (χ1v) is 7.76. The van der Waals surface area contributed by atoms with Gasteiger partial charge in [0.05, 0.1) is 12.2 Å². The van der Waals surface area contributed by atoms with E-state index in [1.807, 2.05) is 0 Å². The van der Waals surface area contributed by atoms with E-state index in [2.05, 4.69) is 0 Å². The number of anilines is 1. The van der Waals surface area contributed by atoms with Crippen molar-refractivity contribution in [2.24, 2.45) is 5.92 Å². The average molecular weight is 289 g/mol. The van der Waals surface area contributed by atoms with Gasteiger partial charge in [0.1, 0.15) is 5.82 Å². The fourth-order valence-corrected chi connectivity index (χ4v) is 3.39. The van der Waals surface area contributed by atoms with Gasteiger partial charge in [-0.1, -0.05) is 25.3 Å². The summed E-state index contributed by atoms with van der Waals surface area (Å²) >= 11 is 0. The maximum atomic E-state index is 13.5. The molecule has 1 aliphatic carbocycles. The van der Waals surface area contributed by atoms with E-state index in [4.69, 9.17) is 0 Å². The zero-order valence-corrected chi connectivity index (χ0v) is 12.1. The molecule has 2 aliphatic rings. The fraction of sp³-hybridized carbons (Fsp3) is 0.529. The van der Waals surface area contributed by atoms with Crippen molar-refractivity contribution in [3.63, 3.8) is 0 Å². The van der Waals surface area contributed by atoms with Gasteiger partial charge in [0, 0.05) is 12.3 Å². The number of aryl methyl sites for hydroxylation is 1. The number of nitrogens with zero attached hydrogens (tertiary/aromatic N) is 1. The van der Waals surface area contributed by atoms with Crippen LogP contribution in [0, 0.1) is 11.7 Å². The summed E-state index contributed by atoms with van der Waals surface area (Å²) in [4.78, 5) is 26.0. The summed E-state index contributed by atoms with van der Waals surface area (Å²) in [7, 11) is 0. The molecule has 1 aromatic rings. The Morgan fingerprint density at radius 1 is 1.19 bits per heavy atom. The number of ketones is 1. The van der Waals surface area contributed by atoms with Crippen molar-refractivity contribution in [1.82, 2.24) is 0 Å². The van der Waals surface area contributed by atoms with Crippen LogP contribution in [0.2, 0.25) is 0 Å². The van der Waals surface area contributed by atoms with Gasteiger partial charge in [-0.05, 0) is 37.0 Å². The number of rotatable bonds is 3. The van der Waals surface area contributed by atoms with Gasteiger partial charge in [-0.3, -0.25) is 9.59 Å². The minimum absolute atomic E-state index is 0.0720. The molecule has 21 heavy (non-hydrogen) atoms. The van der Waals surface area contributed by atoms with Crippen molar-refractivity contribution in [2.75, 3.05) is 11.4 Å². The number of hydrogen-bond acceptors (Lipinski definition) is 2. The van der Waals surface area contributed by atoms with Gasteiger partial charge in [-0.25, -0.2) is 4.39 Å². The van der Waals surface area contributed by atoms with E-state index >= 15 is 0 Å². The average Bonchev–Trinajstić information content (AvgIpc) is 2.51. The largest absolute Gasteiger partial charge is 0.305 e. The molecule has 3 nitrogen and oxygen atoms in total. The van der Waals surface area contributed by atoms with Gasteiger partial charge < -0.3 is 4.90 Å². The number of benzene rings is 1. The van der Waals surface area contributed by atoms with Crippen molar-refractivity contribution in [2.45, 2.75) is 44.9 Å².